The van der Waals surface area contributed by atoms with Crippen molar-refractivity contribution < 1.29 is 4.92 Å². The Morgan fingerprint density at radius 3 is 2.68 bits per heavy atom. The van der Waals surface area contributed by atoms with Gasteiger partial charge in [0.2, 0.25) is 0 Å². The van der Waals surface area contributed by atoms with Gasteiger partial charge in [0.05, 0.1) is 21.2 Å². The molecule has 6 heteroatoms. The normalized spacial score (nSPS) is 10.2. The summed E-state index contributed by atoms with van der Waals surface area (Å²) in [6.45, 7) is 1.68. The number of rotatable bonds is 3. The maximum atomic E-state index is 10.9. The molecule has 0 spiro atoms. The minimum absolute atomic E-state index is 0.0602. The summed E-state index contributed by atoms with van der Waals surface area (Å²) in [6, 6.07) is 9.87. The van der Waals surface area contributed by atoms with Gasteiger partial charge < -0.3 is 11.1 Å². The van der Waals surface area contributed by atoms with E-state index in [1.807, 2.05) is 0 Å². The summed E-state index contributed by atoms with van der Waals surface area (Å²) in [6.07, 6.45) is 0. The number of nitro benzene ring substituents is 1. The Bertz CT molecular complexity index is 644. The number of benzene rings is 2. The van der Waals surface area contributed by atoms with E-state index < -0.39 is 4.92 Å². The van der Waals surface area contributed by atoms with Gasteiger partial charge in [-0.15, -0.1) is 0 Å². The molecule has 0 unspecified atom stereocenters. The molecule has 0 saturated heterocycles. The number of nitrogens with two attached hydrogens (primary N) is 1. The second-order valence-corrected chi connectivity index (χ2v) is 4.48. The minimum Gasteiger partial charge on any atom is -0.399 e. The molecule has 2 rings (SSSR count). The molecule has 0 aromatic heterocycles. The summed E-state index contributed by atoms with van der Waals surface area (Å²) in [5, 5.41) is 14.4. The smallest absolute Gasteiger partial charge is 0.274 e. The van der Waals surface area contributed by atoms with E-state index in [1.54, 1.807) is 37.3 Å². The molecule has 2 aromatic rings. The lowest BCUT2D eigenvalue weighted by Gasteiger charge is -2.11. The first-order valence-corrected chi connectivity index (χ1v) is 5.93. The van der Waals surface area contributed by atoms with Crippen molar-refractivity contribution in [1.82, 2.24) is 0 Å². The fourth-order valence-electron chi connectivity index (χ4n) is 1.74. The van der Waals surface area contributed by atoms with Crippen LogP contribution in [0.4, 0.5) is 22.7 Å². The maximum Gasteiger partial charge on any atom is 0.274 e. The molecule has 2 aromatic carbocycles. The molecule has 98 valence electrons. The summed E-state index contributed by atoms with van der Waals surface area (Å²) in [7, 11) is 0. The van der Waals surface area contributed by atoms with Gasteiger partial charge >= 0.3 is 0 Å². The molecule has 0 fully saturated rings. The summed E-state index contributed by atoms with van der Waals surface area (Å²) in [5.74, 6) is 0. The highest BCUT2D eigenvalue weighted by atomic mass is 35.5. The molecule has 0 bridgehead atoms. The fraction of sp³-hybridized carbons (Fsp3) is 0.0769. The molecule has 0 atom stereocenters. The molecular weight excluding hydrogens is 266 g/mol. The first kappa shape index (κ1) is 13.2. The third-order valence-corrected chi connectivity index (χ3v) is 3.09. The van der Waals surface area contributed by atoms with Crippen LogP contribution in [0.5, 0.6) is 0 Å². The van der Waals surface area contributed by atoms with Crippen molar-refractivity contribution in [2.45, 2.75) is 6.92 Å². The highest BCUT2D eigenvalue weighted by Crippen LogP contribution is 2.31. The third kappa shape index (κ3) is 2.77. The van der Waals surface area contributed by atoms with Crippen LogP contribution in [-0.4, -0.2) is 4.92 Å². The van der Waals surface area contributed by atoms with Crippen molar-refractivity contribution in [3.05, 3.63) is 57.1 Å². The van der Waals surface area contributed by atoms with Gasteiger partial charge in [-0.05, 0) is 31.2 Å². The Kier molecular flexibility index (Phi) is 3.57. The van der Waals surface area contributed by atoms with E-state index >= 15 is 0 Å². The summed E-state index contributed by atoms with van der Waals surface area (Å²) < 4.78 is 0. The molecule has 0 radical (unpaired) electrons. The van der Waals surface area contributed by atoms with Gasteiger partial charge in [-0.2, -0.15) is 0 Å². The number of halogens is 1. The molecule has 0 aliphatic heterocycles. The number of nitro groups is 1. The Hall–Kier alpha value is -2.27. The highest BCUT2D eigenvalue weighted by molar-refractivity contribution is 6.33. The average Bonchev–Trinajstić information content (AvgIpc) is 2.36. The zero-order chi connectivity index (χ0) is 14.0. The van der Waals surface area contributed by atoms with Gasteiger partial charge in [0, 0.05) is 17.4 Å². The Balaban J connectivity index is 2.41. The van der Waals surface area contributed by atoms with Crippen LogP contribution in [0, 0.1) is 17.0 Å². The number of hydrogen-bond acceptors (Lipinski definition) is 4. The lowest BCUT2D eigenvalue weighted by atomic mass is 10.1. The molecule has 0 amide bonds. The number of anilines is 3. The average molecular weight is 278 g/mol. The summed E-state index contributed by atoms with van der Waals surface area (Å²) in [4.78, 5) is 10.5. The SMILES string of the molecule is Cc1c(Nc2cc(N)ccc2Cl)cccc1[N+](=O)[O-]. The number of hydrogen-bond donors (Lipinski definition) is 2. The zero-order valence-electron chi connectivity index (χ0n) is 10.2. The van der Waals surface area contributed by atoms with Crippen molar-refractivity contribution in [3.63, 3.8) is 0 Å². The molecule has 0 heterocycles. The first-order chi connectivity index (χ1) is 8.99. The van der Waals surface area contributed by atoms with Crippen LogP contribution >= 0.6 is 11.6 Å². The van der Waals surface area contributed by atoms with Crippen molar-refractivity contribution in [3.8, 4) is 0 Å². The molecule has 0 aliphatic carbocycles. The monoisotopic (exact) mass is 277 g/mol. The van der Waals surface area contributed by atoms with Crippen LogP contribution in [0.3, 0.4) is 0 Å². The predicted octanol–water partition coefficient (Wildman–Crippen LogP) is 3.88. The topological polar surface area (TPSA) is 81.2 Å². The van der Waals surface area contributed by atoms with Crippen molar-refractivity contribution >= 4 is 34.4 Å². The lowest BCUT2D eigenvalue weighted by molar-refractivity contribution is -0.385. The molecule has 0 aliphatic rings. The third-order valence-electron chi connectivity index (χ3n) is 2.76. The van der Waals surface area contributed by atoms with E-state index in [0.717, 1.165) is 0 Å². The van der Waals surface area contributed by atoms with E-state index in [2.05, 4.69) is 5.32 Å². The van der Waals surface area contributed by atoms with E-state index in [0.29, 0.717) is 27.6 Å². The van der Waals surface area contributed by atoms with Crippen LogP contribution < -0.4 is 11.1 Å². The largest absolute Gasteiger partial charge is 0.399 e. The molecule has 5 nitrogen and oxygen atoms in total. The zero-order valence-corrected chi connectivity index (χ0v) is 10.9. The van der Waals surface area contributed by atoms with Gasteiger partial charge in [-0.25, -0.2) is 0 Å². The van der Waals surface area contributed by atoms with E-state index in [9.17, 15) is 10.1 Å². The van der Waals surface area contributed by atoms with Crippen LogP contribution in [-0.2, 0) is 0 Å². The highest BCUT2D eigenvalue weighted by Gasteiger charge is 2.13. The molecule has 19 heavy (non-hydrogen) atoms. The Labute approximate surface area is 115 Å². The Morgan fingerprint density at radius 2 is 2.00 bits per heavy atom. The quantitative estimate of drug-likeness (QED) is 0.507. The standard InChI is InChI=1S/C13H12ClN3O2/c1-8-11(3-2-4-13(8)17(18)19)16-12-7-9(15)5-6-10(12)14/h2-7,16H,15H2,1H3. The predicted molar refractivity (Wildman–Crippen MR) is 77.0 cm³/mol. The lowest BCUT2D eigenvalue weighted by Crippen LogP contribution is -1.98. The number of nitrogens with one attached hydrogen (secondary N) is 1. The molecular formula is C13H12ClN3O2. The fourth-order valence-corrected chi connectivity index (χ4v) is 1.91. The van der Waals surface area contributed by atoms with Crippen molar-refractivity contribution in [2.24, 2.45) is 0 Å². The van der Waals surface area contributed by atoms with Crippen LogP contribution in [0.25, 0.3) is 0 Å². The van der Waals surface area contributed by atoms with Crippen LogP contribution in [0.15, 0.2) is 36.4 Å². The van der Waals surface area contributed by atoms with Crippen LogP contribution in [0.2, 0.25) is 5.02 Å². The first-order valence-electron chi connectivity index (χ1n) is 5.55. The second kappa shape index (κ2) is 5.16. The van der Waals surface area contributed by atoms with Gasteiger partial charge in [-0.3, -0.25) is 10.1 Å². The number of nitrogens with zero attached hydrogens (tertiary/aromatic N) is 1. The Morgan fingerprint density at radius 1 is 1.26 bits per heavy atom. The molecule has 3 N–H and O–H groups in total. The van der Waals surface area contributed by atoms with Gasteiger partial charge in [0.15, 0.2) is 0 Å². The second-order valence-electron chi connectivity index (χ2n) is 4.07. The van der Waals surface area contributed by atoms with Gasteiger partial charge in [0.1, 0.15) is 0 Å². The van der Waals surface area contributed by atoms with E-state index in [-0.39, 0.29) is 5.69 Å². The maximum absolute atomic E-state index is 10.9. The van der Waals surface area contributed by atoms with Crippen LogP contribution in [0.1, 0.15) is 5.56 Å². The van der Waals surface area contributed by atoms with E-state index in [4.69, 9.17) is 17.3 Å². The summed E-state index contributed by atoms with van der Waals surface area (Å²) in [5.41, 5.74) is 8.11. The van der Waals surface area contributed by atoms with E-state index in [1.165, 1.54) is 6.07 Å². The molecule has 0 saturated carbocycles. The number of nitrogen functional groups attached to an aromatic ring is 1. The van der Waals surface area contributed by atoms with Gasteiger partial charge in [0.25, 0.3) is 5.69 Å². The van der Waals surface area contributed by atoms with Gasteiger partial charge in [-0.1, -0.05) is 17.7 Å². The minimum atomic E-state index is -0.415. The summed E-state index contributed by atoms with van der Waals surface area (Å²) >= 11 is 6.05. The van der Waals surface area contributed by atoms with Crippen molar-refractivity contribution in [1.29, 1.82) is 0 Å². The van der Waals surface area contributed by atoms with Crippen molar-refractivity contribution in [2.75, 3.05) is 11.1 Å².